The van der Waals surface area contributed by atoms with Crippen molar-refractivity contribution < 1.29 is 9.47 Å². The van der Waals surface area contributed by atoms with E-state index in [1.165, 1.54) is 11.3 Å². The number of ether oxygens (including phenoxy) is 2. The average molecular weight is 515 g/mol. The van der Waals surface area contributed by atoms with Gasteiger partial charge in [0.25, 0.3) is 0 Å². The van der Waals surface area contributed by atoms with Gasteiger partial charge >= 0.3 is 0 Å². The van der Waals surface area contributed by atoms with Gasteiger partial charge in [-0.1, -0.05) is 29.3 Å². The summed E-state index contributed by atoms with van der Waals surface area (Å²) in [4.78, 5) is 12.3. The van der Waals surface area contributed by atoms with E-state index in [1.807, 2.05) is 48.5 Å². The van der Waals surface area contributed by atoms with Crippen LogP contribution in [-0.4, -0.2) is 41.1 Å². The van der Waals surface area contributed by atoms with Crippen molar-refractivity contribution in [3.8, 4) is 11.5 Å². The molecule has 6 nitrogen and oxygen atoms in total. The van der Waals surface area contributed by atoms with Crippen molar-refractivity contribution in [1.29, 1.82) is 0 Å². The first-order valence-corrected chi connectivity index (χ1v) is 12.6. The van der Waals surface area contributed by atoms with Gasteiger partial charge in [-0.25, -0.2) is 9.97 Å². The number of halogens is 2. The van der Waals surface area contributed by atoms with E-state index in [4.69, 9.17) is 32.7 Å². The van der Waals surface area contributed by atoms with Crippen molar-refractivity contribution in [3.05, 3.63) is 69.1 Å². The second-order valence-electron chi connectivity index (χ2n) is 8.26. The second-order valence-corrected chi connectivity index (χ2v) is 10.5. The number of likely N-dealkylation sites (tertiary alicyclic amines) is 1. The Morgan fingerprint density at radius 1 is 1.06 bits per heavy atom. The molecule has 3 heterocycles. The summed E-state index contributed by atoms with van der Waals surface area (Å²) >= 11 is 14.0. The van der Waals surface area contributed by atoms with E-state index in [0.29, 0.717) is 23.2 Å². The zero-order chi connectivity index (χ0) is 23.5. The van der Waals surface area contributed by atoms with Gasteiger partial charge < -0.3 is 19.7 Å². The fraction of sp³-hybridized carbons (Fsp3) is 0.280. The molecule has 0 saturated carbocycles. The van der Waals surface area contributed by atoms with E-state index in [-0.39, 0.29) is 6.10 Å². The maximum Gasteiger partial charge on any atom is 0.145 e. The van der Waals surface area contributed by atoms with E-state index in [2.05, 4.69) is 27.2 Å². The molecule has 1 fully saturated rings. The molecular formula is C25H24Cl2N4O2S. The van der Waals surface area contributed by atoms with Gasteiger partial charge in [-0.15, -0.1) is 11.3 Å². The predicted molar refractivity (Wildman–Crippen MR) is 139 cm³/mol. The number of benzene rings is 2. The molecule has 4 aromatic rings. The van der Waals surface area contributed by atoms with Crippen molar-refractivity contribution in [3.63, 3.8) is 0 Å². The minimum absolute atomic E-state index is 0.180. The molecule has 9 heteroatoms. The van der Waals surface area contributed by atoms with E-state index >= 15 is 0 Å². The van der Waals surface area contributed by atoms with E-state index in [0.717, 1.165) is 57.5 Å². The van der Waals surface area contributed by atoms with Gasteiger partial charge in [0.15, 0.2) is 0 Å². The molecule has 0 bridgehead atoms. The lowest BCUT2D eigenvalue weighted by molar-refractivity contribution is 0.116. The SMILES string of the molecule is CN1CCC(Oc2cccc3ncnc(Nc4ccc(OCc5ccc(Cl)s5)c(Cl)c4)c23)CC1. The van der Waals surface area contributed by atoms with Crippen LogP contribution in [0.4, 0.5) is 11.5 Å². The lowest BCUT2D eigenvalue weighted by Gasteiger charge is -2.29. The van der Waals surface area contributed by atoms with Crippen molar-refractivity contribution in [2.75, 3.05) is 25.5 Å². The summed E-state index contributed by atoms with van der Waals surface area (Å²) in [5.41, 5.74) is 1.62. The summed E-state index contributed by atoms with van der Waals surface area (Å²) in [5.74, 6) is 2.07. The van der Waals surface area contributed by atoms with E-state index < -0.39 is 0 Å². The van der Waals surface area contributed by atoms with Crippen molar-refractivity contribution in [1.82, 2.24) is 14.9 Å². The smallest absolute Gasteiger partial charge is 0.145 e. The molecule has 5 rings (SSSR count). The van der Waals surface area contributed by atoms with Gasteiger partial charge in [0.05, 0.1) is 20.3 Å². The summed E-state index contributed by atoms with van der Waals surface area (Å²) in [6.07, 6.45) is 3.73. The molecule has 0 radical (unpaired) electrons. The summed E-state index contributed by atoms with van der Waals surface area (Å²) in [5, 5.41) is 4.75. The molecular weight excluding hydrogens is 491 g/mol. The predicted octanol–water partition coefficient (Wildman–Crippen LogP) is 6.79. The zero-order valence-electron chi connectivity index (χ0n) is 18.6. The number of hydrogen-bond acceptors (Lipinski definition) is 7. The summed E-state index contributed by atoms with van der Waals surface area (Å²) in [6, 6.07) is 15.3. The van der Waals surface area contributed by atoms with Crippen LogP contribution >= 0.6 is 34.5 Å². The minimum Gasteiger partial charge on any atom is -0.489 e. The Kier molecular flexibility index (Phi) is 7.06. The molecule has 34 heavy (non-hydrogen) atoms. The van der Waals surface area contributed by atoms with Crippen LogP contribution in [0.1, 0.15) is 17.7 Å². The maximum atomic E-state index is 6.51. The third-order valence-electron chi connectivity index (χ3n) is 5.78. The van der Waals surface area contributed by atoms with Crippen molar-refractivity contribution in [2.45, 2.75) is 25.6 Å². The molecule has 1 aliphatic heterocycles. The Labute approximate surface area is 212 Å². The number of anilines is 2. The molecule has 1 saturated heterocycles. The maximum absolute atomic E-state index is 6.51. The third-order valence-corrected chi connectivity index (χ3v) is 7.28. The fourth-order valence-electron chi connectivity index (χ4n) is 3.96. The van der Waals surface area contributed by atoms with Crippen LogP contribution in [0.2, 0.25) is 9.36 Å². The third kappa shape index (κ3) is 5.39. The summed E-state index contributed by atoms with van der Waals surface area (Å²) < 4.78 is 13.0. The first-order valence-electron chi connectivity index (χ1n) is 11.1. The van der Waals surface area contributed by atoms with Crippen LogP contribution in [0.5, 0.6) is 11.5 Å². The number of nitrogens with zero attached hydrogens (tertiary/aromatic N) is 3. The highest BCUT2D eigenvalue weighted by Crippen LogP contribution is 2.35. The highest BCUT2D eigenvalue weighted by atomic mass is 35.5. The topological polar surface area (TPSA) is 59.5 Å². The molecule has 0 aliphatic carbocycles. The van der Waals surface area contributed by atoms with E-state index in [9.17, 15) is 0 Å². The molecule has 1 aliphatic rings. The van der Waals surface area contributed by atoms with Gasteiger partial charge in [0.2, 0.25) is 0 Å². The fourth-order valence-corrected chi connectivity index (χ4v) is 5.20. The quantitative estimate of drug-likeness (QED) is 0.292. The minimum atomic E-state index is 0.180. The molecule has 2 aromatic carbocycles. The highest BCUT2D eigenvalue weighted by Gasteiger charge is 2.20. The molecule has 2 aromatic heterocycles. The largest absolute Gasteiger partial charge is 0.489 e. The van der Waals surface area contributed by atoms with Crippen molar-refractivity contribution >= 4 is 56.9 Å². The van der Waals surface area contributed by atoms with Crippen LogP contribution in [0.25, 0.3) is 10.9 Å². The number of fused-ring (bicyclic) bond motifs is 1. The molecule has 1 N–H and O–H groups in total. The normalized spacial score (nSPS) is 14.9. The first kappa shape index (κ1) is 23.2. The molecule has 0 spiro atoms. The Morgan fingerprint density at radius 2 is 1.91 bits per heavy atom. The van der Waals surface area contributed by atoms with Crippen LogP contribution in [0.15, 0.2) is 54.9 Å². The second kappa shape index (κ2) is 10.4. The molecule has 176 valence electrons. The van der Waals surface area contributed by atoms with Crippen LogP contribution in [-0.2, 0) is 6.61 Å². The zero-order valence-corrected chi connectivity index (χ0v) is 21.0. The van der Waals surface area contributed by atoms with E-state index in [1.54, 1.807) is 6.33 Å². The molecule has 0 atom stereocenters. The monoisotopic (exact) mass is 514 g/mol. The summed E-state index contributed by atoms with van der Waals surface area (Å²) in [6.45, 7) is 2.48. The number of aromatic nitrogens is 2. The lowest BCUT2D eigenvalue weighted by Crippen LogP contribution is -2.35. The first-order chi connectivity index (χ1) is 16.5. The molecule has 0 amide bonds. The Bertz CT molecular complexity index is 1290. The number of piperidine rings is 1. The number of hydrogen-bond donors (Lipinski definition) is 1. The Balaban J connectivity index is 1.35. The molecule has 0 unspecified atom stereocenters. The van der Waals surface area contributed by atoms with Gasteiger partial charge in [-0.05, 0) is 62.4 Å². The van der Waals surface area contributed by atoms with Gasteiger partial charge in [0, 0.05) is 23.7 Å². The van der Waals surface area contributed by atoms with Gasteiger partial charge in [-0.2, -0.15) is 0 Å². The highest BCUT2D eigenvalue weighted by molar-refractivity contribution is 7.16. The van der Waals surface area contributed by atoms with Gasteiger partial charge in [0.1, 0.15) is 36.4 Å². The van der Waals surface area contributed by atoms with Gasteiger partial charge in [-0.3, -0.25) is 0 Å². The Morgan fingerprint density at radius 3 is 2.68 bits per heavy atom. The van der Waals surface area contributed by atoms with Crippen LogP contribution < -0.4 is 14.8 Å². The van der Waals surface area contributed by atoms with Crippen molar-refractivity contribution in [2.24, 2.45) is 0 Å². The van der Waals surface area contributed by atoms with Crippen LogP contribution in [0.3, 0.4) is 0 Å². The number of thiophene rings is 1. The number of nitrogens with one attached hydrogen (secondary N) is 1. The standard InChI is InChI=1S/C25H24Cl2N4O2S/c1-31-11-9-17(10-12-31)33-22-4-2-3-20-24(22)25(29-15-28-20)30-16-5-7-21(19(26)13-16)32-14-18-6-8-23(27)34-18/h2-8,13,15,17H,9-12,14H2,1H3,(H,28,29,30). The number of rotatable bonds is 7. The lowest BCUT2D eigenvalue weighted by atomic mass is 10.1. The summed E-state index contributed by atoms with van der Waals surface area (Å²) in [7, 11) is 2.14. The van der Waals surface area contributed by atoms with Crippen LogP contribution in [0, 0.1) is 0 Å². The Hall–Kier alpha value is -2.58. The average Bonchev–Trinajstić information content (AvgIpc) is 3.25.